The number of nitrogens with one attached hydrogen (secondary N) is 2. The van der Waals surface area contributed by atoms with Gasteiger partial charge in [0.15, 0.2) is 0 Å². The lowest BCUT2D eigenvalue weighted by Crippen LogP contribution is -2.50. The van der Waals surface area contributed by atoms with E-state index in [0.717, 1.165) is 22.4 Å². The number of halogens is 2. The van der Waals surface area contributed by atoms with Crippen LogP contribution in [-0.4, -0.2) is 49.1 Å². The van der Waals surface area contributed by atoms with Gasteiger partial charge in [-0.05, 0) is 42.5 Å². The molecule has 0 radical (unpaired) electrons. The number of nitrogens with zero attached hydrogens (tertiary/aromatic N) is 3. The third-order valence-corrected chi connectivity index (χ3v) is 5.24. The van der Waals surface area contributed by atoms with Crippen molar-refractivity contribution in [1.82, 2.24) is 9.88 Å². The predicted octanol–water partition coefficient (Wildman–Crippen LogP) is 4.42. The van der Waals surface area contributed by atoms with Gasteiger partial charge in [0, 0.05) is 61.1 Å². The molecule has 150 valence electrons. The summed E-state index contributed by atoms with van der Waals surface area (Å²) in [7, 11) is 1.83. The van der Waals surface area contributed by atoms with Crippen LogP contribution in [-0.2, 0) is 0 Å². The Morgan fingerprint density at radius 2 is 1.79 bits per heavy atom. The molecule has 6 nitrogen and oxygen atoms in total. The Bertz CT molecular complexity index is 1040. The van der Waals surface area contributed by atoms with Crippen molar-refractivity contribution >= 4 is 45.7 Å². The van der Waals surface area contributed by atoms with Gasteiger partial charge in [-0.15, -0.1) is 0 Å². The molecule has 2 amide bonds. The molecular weight excluding hydrogens is 393 g/mol. The van der Waals surface area contributed by atoms with Gasteiger partial charge in [-0.25, -0.2) is 14.2 Å². The predicted molar refractivity (Wildman–Crippen MR) is 116 cm³/mol. The first kappa shape index (κ1) is 19.3. The second-order valence-electron chi connectivity index (χ2n) is 6.85. The first-order valence-corrected chi connectivity index (χ1v) is 9.76. The molecule has 1 saturated heterocycles. The van der Waals surface area contributed by atoms with E-state index in [-0.39, 0.29) is 11.8 Å². The van der Waals surface area contributed by atoms with Crippen molar-refractivity contribution in [3.63, 3.8) is 0 Å². The molecule has 0 bridgehead atoms. The zero-order chi connectivity index (χ0) is 20.4. The molecule has 1 aromatic heterocycles. The lowest BCUT2D eigenvalue weighted by molar-refractivity contribution is 0.208. The topological polar surface area (TPSA) is 60.5 Å². The van der Waals surface area contributed by atoms with Crippen LogP contribution in [0.1, 0.15) is 0 Å². The van der Waals surface area contributed by atoms with Gasteiger partial charge in [-0.3, -0.25) is 0 Å². The number of hydrogen-bond acceptors (Lipinski definition) is 4. The van der Waals surface area contributed by atoms with E-state index in [1.165, 1.54) is 12.1 Å². The fraction of sp³-hybridized carbons (Fsp3) is 0.238. The van der Waals surface area contributed by atoms with Crippen LogP contribution in [0.25, 0.3) is 10.9 Å². The van der Waals surface area contributed by atoms with Crippen molar-refractivity contribution in [1.29, 1.82) is 0 Å². The maximum Gasteiger partial charge on any atom is 0.321 e. The van der Waals surface area contributed by atoms with Crippen molar-refractivity contribution in [3.05, 3.63) is 59.4 Å². The highest BCUT2D eigenvalue weighted by atomic mass is 35.5. The highest BCUT2D eigenvalue weighted by Crippen LogP contribution is 2.31. The molecule has 0 aliphatic carbocycles. The summed E-state index contributed by atoms with van der Waals surface area (Å²) >= 11 is 6.14. The number of hydrogen-bond donors (Lipinski definition) is 2. The number of aromatic nitrogens is 1. The number of fused-ring (bicyclic) bond motifs is 1. The van der Waals surface area contributed by atoms with Crippen molar-refractivity contribution in [2.45, 2.75) is 0 Å². The molecule has 1 fully saturated rings. The Balaban J connectivity index is 1.48. The second-order valence-corrected chi connectivity index (χ2v) is 7.29. The average molecular weight is 414 g/mol. The van der Waals surface area contributed by atoms with E-state index in [4.69, 9.17) is 11.6 Å². The number of piperazine rings is 1. The van der Waals surface area contributed by atoms with Gasteiger partial charge < -0.3 is 20.4 Å². The van der Waals surface area contributed by atoms with Gasteiger partial charge in [0.25, 0.3) is 0 Å². The minimum absolute atomic E-state index is 0.182. The molecule has 3 aromatic rings. The molecule has 2 N–H and O–H groups in total. The maximum atomic E-state index is 13.0. The molecule has 0 saturated carbocycles. The van der Waals surface area contributed by atoms with Gasteiger partial charge in [-0.2, -0.15) is 0 Å². The van der Waals surface area contributed by atoms with Gasteiger partial charge in [0.05, 0.1) is 5.52 Å². The van der Waals surface area contributed by atoms with Crippen LogP contribution in [0.4, 0.5) is 26.4 Å². The van der Waals surface area contributed by atoms with E-state index < -0.39 is 0 Å². The summed E-state index contributed by atoms with van der Waals surface area (Å²) in [6, 6.07) is 13.3. The first-order chi connectivity index (χ1) is 14.0. The molecule has 29 heavy (non-hydrogen) atoms. The van der Waals surface area contributed by atoms with Crippen molar-refractivity contribution in [2.75, 3.05) is 48.8 Å². The highest BCUT2D eigenvalue weighted by molar-refractivity contribution is 6.31. The van der Waals surface area contributed by atoms with E-state index in [2.05, 4.69) is 20.5 Å². The highest BCUT2D eigenvalue weighted by Gasteiger charge is 2.23. The smallest absolute Gasteiger partial charge is 0.321 e. The summed E-state index contributed by atoms with van der Waals surface area (Å²) in [5, 5.41) is 7.58. The number of amides is 2. The largest absolute Gasteiger partial charge is 0.373 e. The van der Waals surface area contributed by atoms with Crippen LogP contribution in [0.15, 0.2) is 48.5 Å². The zero-order valence-electron chi connectivity index (χ0n) is 16.0. The van der Waals surface area contributed by atoms with Crippen molar-refractivity contribution < 1.29 is 9.18 Å². The summed E-state index contributed by atoms with van der Waals surface area (Å²) < 4.78 is 13.0. The lowest BCUT2D eigenvalue weighted by atomic mass is 10.1. The first-order valence-electron chi connectivity index (χ1n) is 9.38. The summed E-state index contributed by atoms with van der Waals surface area (Å²) in [5.74, 6) is 0.440. The molecule has 0 unspecified atom stereocenters. The number of urea groups is 1. The van der Waals surface area contributed by atoms with Crippen LogP contribution in [0.3, 0.4) is 0 Å². The molecular formula is C21H21ClFN5O. The second kappa shape index (κ2) is 8.13. The van der Waals surface area contributed by atoms with E-state index in [1.807, 2.05) is 31.3 Å². The average Bonchev–Trinajstić information content (AvgIpc) is 2.74. The molecule has 0 atom stereocenters. The van der Waals surface area contributed by atoms with E-state index >= 15 is 0 Å². The number of benzene rings is 2. The molecule has 0 spiro atoms. The number of rotatable bonds is 3. The minimum Gasteiger partial charge on any atom is -0.373 e. The lowest BCUT2D eigenvalue weighted by Gasteiger charge is -2.36. The van der Waals surface area contributed by atoms with Gasteiger partial charge in [0.2, 0.25) is 0 Å². The third-order valence-electron chi connectivity index (χ3n) is 5.01. The number of carbonyl (C=O) groups excluding carboxylic acids is 1. The van der Waals surface area contributed by atoms with Crippen LogP contribution in [0.2, 0.25) is 5.02 Å². The standard InChI is InChI=1S/C21H21ClFN5O/c1-24-20-13-19(17-7-2-14(22)12-18(17)26-20)27-8-10-28(11-9-27)21(29)25-16-5-3-15(23)4-6-16/h2-7,12-13H,8-11H2,1H3,(H,24,26)(H,25,29). The normalized spacial score (nSPS) is 14.2. The summed E-state index contributed by atoms with van der Waals surface area (Å²) in [6.07, 6.45) is 0. The Morgan fingerprint density at radius 1 is 1.07 bits per heavy atom. The van der Waals surface area contributed by atoms with Gasteiger partial charge in [-0.1, -0.05) is 11.6 Å². The van der Waals surface area contributed by atoms with Crippen LogP contribution < -0.4 is 15.5 Å². The zero-order valence-corrected chi connectivity index (χ0v) is 16.7. The van der Waals surface area contributed by atoms with Gasteiger partial charge >= 0.3 is 6.03 Å². The quantitative estimate of drug-likeness (QED) is 0.667. The fourth-order valence-corrected chi connectivity index (χ4v) is 3.63. The third kappa shape index (κ3) is 4.19. The van der Waals surface area contributed by atoms with Gasteiger partial charge in [0.1, 0.15) is 11.6 Å². The minimum atomic E-state index is -0.330. The summed E-state index contributed by atoms with van der Waals surface area (Å²) in [5.41, 5.74) is 2.47. The SMILES string of the molecule is CNc1cc(N2CCN(C(=O)Nc3ccc(F)cc3)CC2)c2ccc(Cl)cc2n1. The number of anilines is 3. The molecule has 2 aromatic carbocycles. The molecule has 8 heteroatoms. The van der Waals surface area contributed by atoms with Crippen molar-refractivity contribution in [3.8, 4) is 0 Å². The van der Waals surface area contributed by atoms with E-state index in [1.54, 1.807) is 17.0 Å². The monoisotopic (exact) mass is 413 g/mol. The number of pyridine rings is 1. The number of carbonyl (C=O) groups is 1. The summed E-state index contributed by atoms with van der Waals surface area (Å²) in [4.78, 5) is 21.1. The fourth-order valence-electron chi connectivity index (χ4n) is 3.46. The van der Waals surface area contributed by atoms with Crippen LogP contribution in [0.5, 0.6) is 0 Å². The molecule has 1 aliphatic heterocycles. The molecule has 4 rings (SSSR count). The van der Waals surface area contributed by atoms with Crippen molar-refractivity contribution in [2.24, 2.45) is 0 Å². The Morgan fingerprint density at radius 3 is 2.48 bits per heavy atom. The molecule has 2 heterocycles. The Kier molecular flexibility index (Phi) is 5.40. The van der Waals surface area contributed by atoms with E-state index in [9.17, 15) is 9.18 Å². The van der Waals surface area contributed by atoms with Crippen LogP contribution in [0, 0.1) is 5.82 Å². The maximum absolute atomic E-state index is 13.0. The Hall–Kier alpha value is -3.06. The molecule has 1 aliphatic rings. The summed E-state index contributed by atoms with van der Waals surface area (Å²) in [6.45, 7) is 2.56. The Labute approximate surface area is 173 Å². The van der Waals surface area contributed by atoms with E-state index in [0.29, 0.717) is 36.9 Å². The van der Waals surface area contributed by atoms with Crippen LogP contribution >= 0.6 is 11.6 Å².